The molecular weight excluding hydrogens is 304 g/mol. The Labute approximate surface area is 124 Å². The number of aliphatic hydroxyl groups is 1. The van der Waals surface area contributed by atoms with Crippen LogP contribution in [0.5, 0.6) is 0 Å². The fourth-order valence-corrected chi connectivity index (χ4v) is 3.28. The average molecular weight is 327 g/mol. The van der Waals surface area contributed by atoms with E-state index in [1.54, 1.807) is 0 Å². The van der Waals surface area contributed by atoms with Gasteiger partial charge in [0.2, 0.25) is 0 Å². The third kappa shape index (κ3) is 3.50. The van der Waals surface area contributed by atoms with E-state index in [9.17, 15) is 5.11 Å². The van der Waals surface area contributed by atoms with E-state index in [2.05, 4.69) is 51.8 Å². The van der Waals surface area contributed by atoms with E-state index in [0.717, 1.165) is 36.1 Å². The first-order valence-electron chi connectivity index (χ1n) is 7.00. The number of rotatable bonds is 3. The van der Waals surface area contributed by atoms with Crippen LogP contribution in [0.15, 0.2) is 22.7 Å². The van der Waals surface area contributed by atoms with Crippen LogP contribution >= 0.6 is 15.9 Å². The minimum Gasteiger partial charge on any atom is -0.392 e. The second-order valence-electron chi connectivity index (χ2n) is 5.30. The van der Waals surface area contributed by atoms with Gasteiger partial charge in [-0.15, -0.1) is 0 Å². The Morgan fingerprint density at radius 1 is 1.37 bits per heavy atom. The summed E-state index contributed by atoms with van der Waals surface area (Å²) in [6.45, 7) is 5.65. The monoisotopic (exact) mass is 326 g/mol. The average Bonchev–Trinajstić information content (AvgIpc) is 2.60. The highest BCUT2D eigenvalue weighted by atomic mass is 79.9. The van der Waals surface area contributed by atoms with Gasteiger partial charge in [-0.3, -0.25) is 0 Å². The molecule has 0 aliphatic carbocycles. The topological polar surface area (TPSA) is 26.7 Å². The molecular formula is C15H23BrN2O. The van der Waals surface area contributed by atoms with E-state index in [0.29, 0.717) is 6.04 Å². The quantitative estimate of drug-likeness (QED) is 0.925. The van der Waals surface area contributed by atoms with Crippen LogP contribution < -0.4 is 4.90 Å². The summed E-state index contributed by atoms with van der Waals surface area (Å²) in [5, 5.41) is 9.60. The maximum Gasteiger partial charge on any atom is 0.0702 e. The molecule has 19 heavy (non-hydrogen) atoms. The van der Waals surface area contributed by atoms with Crippen LogP contribution in [0.3, 0.4) is 0 Å². The van der Waals surface area contributed by atoms with Gasteiger partial charge in [-0.05, 0) is 44.6 Å². The summed E-state index contributed by atoms with van der Waals surface area (Å²) in [6, 6.07) is 6.75. The predicted octanol–water partition coefficient (Wildman–Crippen LogP) is 2.86. The van der Waals surface area contributed by atoms with Gasteiger partial charge in [0.25, 0.3) is 0 Å². The molecule has 0 saturated carbocycles. The summed E-state index contributed by atoms with van der Waals surface area (Å²) >= 11 is 3.48. The van der Waals surface area contributed by atoms with Crippen molar-refractivity contribution in [1.82, 2.24) is 4.90 Å². The molecule has 1 aliphatic rings. The molecule has 0 radical (unpaired) electrons. The minimum atomic E-state index is 0.0948. The number of hydrogen-bond acceptors (Lipinski definition) is 3. The van der Waals surface area contributed by atoms with Crippen LogP contribution in [0.1, 0.15) is 25.3 Å². The van der Waals surface area contributed by atoms with Gasteiger partial charge < -0.3 is 14.9 Å². The lowest BCUT2D eigenvalue weighted by molar-refractivity contribution is 0.281. The van der Waals surface area contributed by atoms with Crippen LogP contribution in [0.4, 0.5) is 5.69 Å². The fourth-order valence-electron chi connectivity index (χ4n) is 2.87. The van der Waals surface area contributed by atoms with Crippen molar-refractivity contribution in [2.75, 3.05) is 31.6 Å². The molecule has 0 bridgehead atoms. The van der Waals surface area contributed by atoms with Gasteiger partial charge in [0, 0.05) is 34.9 Å². The summed E-state index contributed by atoms with van der Waals surface area (Å²) in [5.74, 6) is 0. The Morgan fingerprint density at radius 2 is 2.16 bits per heavy atom. The van der Waals surface area contributed by atoms with Crippen LogP contribution in [-0.4, -0.2) is 42.7 Å². The van der Waals surface area contributed by atoms with E-state index in [4.69, 9.17) is 0 Å². The molecule has 0 amide bonds. The van der Waals surface area contributed by atoms with Crippen molar-refractivity contribution in [3.63, 3.8) is 0 Å². The Bertz CT molecular complexity index is 425. The molecule has 3 nitrogen and oxygen atoms in total. The molecule has 0 spiro atoms. The maximum atomic E-state index is 9.60. The largest absolute Gasteiger partial charge is 0.392 e. The van der Waals surface area contributed by atoms with Crippen LogP contribution in [0, 0.1) is 0 Å². The van der Waals surface area contributed by atoms with Crippen molar-refractivity contribution in [2.24, 2.45) is 0 Å². The number of nitrogens with zero attached hydrogens (tertiary/aromatic N) is 2. The van der Waals surface area contributed by atoms with E-state index in [1.807, 2.05) is 6.07 Å². The molecule has 1 aromatic carbocycles. The lowest BCUT2D eigenvalue weighted by Gasteiger charge is -2.33. The Kier molecular flexibility index (Phi) is 5.25. The van der Waals surface area contributed by atoms with E-state index >= 15 is 0 Å². The number of benzene rings is 1. The third-order valence-electron chi connectivity index (χ3n) is 3.89. The summed E-state index contributed by atoms with van der Waals surface area (Å²) in [6.07, 6.45) is 2.30. The summed E-state index contributed by atoms with van der Waals surface area (Å²) < 4.78 is 1.03. The van der Waals surface area contributed by atoms with E-state index in [1.165, 1.54) is 12.1 Å². The van der Waals surface area contributed by atoms with Gasteiger partial charge in [0.05, 0.1) is 6.61 Å². The molecule has 0 aromatic heterocycles. The molecule has 1 fully saturated rings. The molecule has 1 aliphatic heterocycles. The van der Waals surface area contributed by atoms with Crippen molar-refractivity contribution in [2.45, 2.75) is 32.4 Å². The van der Waals surface area contributed by atoms with Gasteiger partial charge in [-0.1, -0.05) is 22.9 Å². The lowest BCUT2D eigenvalue weighted by Crippen LogP contribution is -2.40. The van der Waals surface area contributed by atoms with Gasteiger partial charge in [0.1, 0.15) is 0 Å². The van der Waals surface area contributed by atoms with Crippen LogP contribution in [0.25, 0.3) is 0 Å². The zero-order chi connectivity index (χ0) is 13.8. The smallest absolute Gasteiger partial charge is 0.0702 e. The molecule has 1 heterocycles. The molecule has 1 unspecified atom stereocenters. The Hall–Kier alpha value is -0.580. The molecule has 1 saturated heterocycles. The highest BCUT2D eigenvalue weighted by Crippen LogP contribution is 2.28. The SMILES string of the molecule is CCC1CN(C)CCCN1c1ccc(Br)cc1CO. The molecule has 106 valence electrons. The highest BCUT2D eigenvalue weighted by Gasteiger charge is 2.23. The summed E-state index contributed by atoms with van der Waals surface area (Å²) in [5.41, 5.74) is 2.20. The molecule has 1 aromatic rings. The minimum absolute atomic E-state index is 0.0948. The zero-order valence-electron chi connectivity index (χ0n) is 11.8. The zero-order valence-corrected chi connectivity index (χ0v) is 13.4. The number of hydrogen-bond donors (Lipinski definition) is 1. The van der Waals surface area contributed by atoms with Crippen molar-refractivity contribution in [1.29, 1.82) is 0 Å². The van der Waals surface area contributed by atoms with Gasteiger partial charge in [-0.25, -0.2) is 0 Å². The van der Waals surface area contributed by atoms with Crippen molar-refractivity contribution in [3.05, 3.63) is 28.2 Å². The maximum absolute atomic E-state index is 9.60. The standard InChI is InChI=1S/C15H23BrN2O/c1-3-14-10-17(2)7-4-8-18(14)15-6-5-13(16)9-12(15)11-19/h5-6,9,14,19H,3-4,7-8,10-11H2,1-2H3. The number of aliphatic hydroxyl groups excluding tert-OH is 1. The normalized spacial score (nSPS) is 21.5. The molecule has 4 heteroatoms. The predicted molar refractivity (Wildman–Crippen MR) is 83.6 cm³/mol. The molecule has 1 N–H and O–H groups in total. The second-order valence-corrected chi connectivity index (χ2v) is 6.22. The Morgan fingerprint density at radius 3 is 2.84 bits per heavy atom. The second kappa shape index (κ2) is 6.73. The lowest BCUT2D eigenvalue weighted by atomic mass is 10.1. The van der Waals surface area contributed by atoms with E-state index < -0.39 is 0 Å². The molecule has 2 rings (SSSR count). The third-order valence-corrected chi connectivity index (χ3v) is 4.39. The van der Waals surface area contributed by atoms with Crippen molar-refractivity contribution < 1.29 is 5.11 Å². The first-order chi connectivity index (χ1) is 9.15. The summed E-state index contributed by atoms with van der Waals surface area (Å²) in [7, 11) is 2.20. The van der Waals surface area contributed by atoms with Gasteiger partial charge in [-0.2, -0.15) is 0 Å². The van der Waals surface area contributed by atoms with Crippen molar-refractivity contribution >= 4 is 21.6 Å². The van der Waals surface area contributed by atoms with Gasteiger partial charge in [0.15, 0.2) is 0 Å². The number of halogens is 1. The molecule has 1 atom stereocenters. The van der Waals surface area contributed by atoms with Crippen molar-refractivity contribution in [3.8, 4) is 0 Å². The van der Waals surface area contributed by atoms with Crippen LogP contribution in [0.2, 0.25) is 0 Å². The first-order valence-corrected chi connectivity index (χ1v) is 7.79. The number of anilines is 1. The highest BCUT2D eigenvalue weighted by molar-refractivity contribution is 9.10. The van der Waals surface area contributed by atoms with Gasteiger partial charge >= 0.3 is 0 Å². The fraction of sp³-hybridized carbons (Fsp3) is 0.600. The summed E-state index contributed by atoms with van der Waals surface area (Å²) in [4.78, 5) is 4.88. The first kappa shape index (κ1) is 14.8. The number of likely N-dealkylation sites (N-methyl/N-ethyl adjacent to an activating group) is 1. The Balaban J connectivity index is 2.32. The van der Waals surface area contributed by atoms with E-state index in [-0.39, 0.29) is 6.61 Å². The van der Waals surface area contributed by atoms with Crippen LogP contribution in [-0.2, 0) is 6.61 Å².